The zero-order chi connectivity index (χ0) is 12.7. The van der Waals surface area contributed by atoms with Crippen molar-refractivity contribution >= 4 is 5.82 Å². The Labute approximate surface area is 103 Å². The van der Waals surface area contributed by atoms with Crippen molar-refractivity contribution in [2.75, 3.05) is 12.5 Å². The number of hydrogen-bond donors (Lipinski definition) is 2. The lowest BCUT2D eigenvalue weighted by Gasteiger charge is -2.09. The molecule has 18 heavy (non-hydrogen) atoms. The van der Waals surface area contributed by atoms with Gasteiger partial charge in [0, 0.05) is 11.1 Å². The van der Waals surface area contributed by atoms with Gasteiger partial charge < -0.3 is 15.2 Å². The molecule has 0 saturated heterocycles. The van der Waals surface area contributed by atoms with E-state index in [0.29, 0.717) is 34.0 Å². The zero-order valence-electron chi connectivity index (χ0n) is 9.74. The van der Waals surface area contributed by atoms with E-state index >= 15 is 0 Å². The van der Waals surface area contributed by atoms with Gasteiger partial charge in [0.05, 0.1) is 6.20 Å². The van der Waals surface area contributed by atoms with Crippen LogP contribution in [0.25, 0.3) is 11.1 Å². The normalized spacial score (nSPS) is 14.8. The molecular formula is C12H12FN3O2. The Hall–Kier alpha value is -2.24. The topological polar surface area (TPSA) is 73.2 Å². The summed E-state index contributed by atoms with van der Waals surface area (Å²) in [7, 11) is 0. The van der Waals surface area contributed by atoms with Crippen LogP contribution in [0.1, 0.15) is 18.7 Å². The minimum absolute atomic E-state index is 0.129. The van der Waals surface area contributed by atoms with Crippen LogP contribution >= 0.6 is 0 Å². The molecule has 0 amide bonds. The second-order valence-corrected chi connectivity index (χ2v) is 4.12. The van der Waals surface area contributed by atoms with Gasteiger partial charge in [0.2, 0.25) is 6.79 Å². The molecule has 0 aliphatic carbocycles. The molecule has 1 aromatic carbocycles. The quantitative estimate of drug-likeness (QED) is 0.857. The van der Waals surface area contributed by atoms with Gasteiger partial charge >= 0.3 is 0 Å². The fourth-order valence-corrected chi connectivity index (χ4v) is 1.97. The molecule has 5 nitrogen and oxygen atoms in total. The van der Waals surface area contributed by atoms with E-state index < -0.39 is 6.17 Å². The van der Waals surface area contributed by atoms with Gasteiger partial charge in [-0.25, -0.2) is 4.39 Å². The molecule has 3 N–H and O–H groups in total. The molecule has 1 aliphatic heterocycles. The van der Waals surface area contributed by atoms with E-state index in [0.717, 1.165) is 0 Å². The number of H-pyrrole nitrogens is 1. The number of nitrogens with one attached hydrogen (secondary N) is 1. The summed E-state index contributed by atoms with van der Waals surface area (Å²) in [6.45, 7) is 1.60. The third-order valence-electron chi connectivity index (χ3n) is 2.91. The number of benzene rings is 1. The van der Waals surface area contributed by atoms with Crippen molar-refractivity contribution in [2.24, 2.45) is 0 Å². The Morgan fingerprint density at radius 1 is 1.39 bits per heavy atom. The maximum Gasteiger partial charge on any atom is 0.231 e. The Kier molecular flexibility index (Phi) is 2.36. The second-order valence-electron chi connectivity index (χ2n) is 4.12. The van der Waals surface area contributed by atoms with Gasteiger partial charge in [-0.05, 0) is 24.6 Å². The summed E-state index contributed by atoms with van der Waals surface area (Å²) >= 11 is 0. The lowest BCUT2D eigenvalue weighted by Crippen LogP contribution is -1.94. The van der Waals surface area contributed by atoms with Crippen LogP contribution in [0.4, 0.5) is 10.2 Å². The second kappa shape index (κ2) is 3.90. The molecule has 6 heteroatoms. The molecule has 2 aromatic rings. The number of rotatable bonds is 2. The number of alkyl halides is 1. The molecule has 1 aromatic heterocycles. The molecule has 0 saturated carbocycles. The SMILES string of the molecule is CC(F)c1cc2c(c(-c3cn[nH]c3N)c1)OCO2. The highest BCUT2D eigenvalue weighted by molar-refractivity contribution is 5.81. The molecular weight excluding hydrogens is 237 g/mol. The minimum atomic E-state index is -1.09. The van der Waals surface area contributed by atoms with E-state index in [1.54, 1.807) is 18.3 Å². The van der Waals surface area contributed by atoms with Crippen LogP contribution in [-0.2, 0) is 0 Å². The number of ether oxygens (including phenoxy) is 2. The van der Waals surface area contributed by atoms with Crippen LogP contribution in [0, 0.1) is 0 Å². The highest BCUT2D eigenvalue weighted by atomic mass is 19.1. The van der Waals surface area contributed by atoms with Crippen LogP contribution in [0.15, 0.2) is 18.3 Å². The van der Waals surface area contributed by atoms with E-state index in [9.17, 15) is 4.39 Å². The van der Waals surface area contributed by atoms with E-state index in [1.807, 2.05) is 0 Å². The molecule has 94 valence electrons. The van der Waals surface area contributed by atoms with Crippen molar-refractivity contribution in [2.45, 2.75) is 13.1 Å². The molecule has 0 spiro atoms. The minimum Gasteiger partial charge on any atom is -0.454 e. The highest BCUT2D eigenvalue weighted by Gasteiger charge is 2.23. The summed E-state index contributed by atoms with van der Waals surface area (Å²) in [6, 6.07) is 3.35. The zero-order valence-corrected chi connectivity index (χ0v) is 9.74. The smallest absolute Gasteiger partial charge is 0.231 e. The van der Waals surface area contributed by atoms with Crippen molar-refractivity contribution in [3.05, 3.63) is 23.9 Å². The van der Waals surface area contributed by atoms with E-state index in [4.69, 9.17) is 15.2 Å². The van der Waals surface area contributed by atoms with E-state index in [1.165, 1.54) is 6.92 Å². The number of fused-ring (bicyclic) bond motifs is 1. The predicted molar refractivity (Wildman–Crippen MR) is 64.1 cm³/mol. The first-order valence-corrected chi connectivity index (χ1v) is 5.53. The molecule has 1 aliphatic rings. The summed E-state index contributed by atoms with van der Waals surface area (Å²) in [5.41, 5.74) is 7.68. The van der Waals surface area contributed by atoms with Gasteiger partial charge in [-0.2, -0.15) is 5.10 Å². The third-order valence-corrected chi connectivity index (χ3v) is 2.91. The maximum atomic E-state index is 13.5. The largest absolute Gasteiger partial charge is 0.454 e. The number of nitrogens with two attached hydrogens (primary N) is 1. The summed E-state index contributed by atoms with van der Waals surface area (Å²) in [5, 5.41) is 6.50. The third kappa shape index (κ3) is 1.57. The number of halogens is 1. The molecule has 1 unspecified atom stereocenters. The Morgan fingerprint density at radius 2 is 2.22 bits per heavy atom. The Balaban J connectivity index is 2.22. The van der Waals surface area contributed by atoms with Crippen molar-refractivity contribution in [3.63, 3.8) is 0 Å². The summed E-state index contributed by atoms with van der Waals surface area (Å²) in [5.74, 6) is 1.52. The molecule has 1 atom stereocenters. The van der Waals surface area contributed by atoms with Gasteiger partial charge in [0.15, 0.2) is 11.5 Å². The standard InChI is InChI=1S/C12H12FN3O2/c1-6(13)7-2-8(9-4-15-16-12(9)14)11-10(3-7)17-5-18-11/h2-4,6H,5H2,1H3,(H3,14,15,16). The number of hydrogen-bond acceptors (Lipinski definition) is 4. The monoisotopic (exact) mass is 249 g/mol. The van der Waals surface area contributed by atoms with Gasteiger partial charge in [-0.15, -0.1) is 0 Å². The lowest BCUT2D eigenvalue weighted by molar-refractivity contribution is 0.174. The van der Waals surface area contributed by atoms with Crippen LogP contribution in [0.3, 0.4) is 0 Å². The first-order valence-electron chi connectivity index (χ1n) is 5.53. The molecule has 0 bridgehead atoms. The van der Waals surface area contributed by atoms with Crippen LogP contribution < -0.4 is 15.2 Å². The molecule has 0 radical (unpaired) electrons. The summed E-state index contributed by atoms with van der Waals surface area (Å²) in [4.78, 5) is 0. The van der Waals surface area contributed by atoms with Crippen LogP contribution in [0.2, 0.25) is 0 Å². The van der Waals surface area contributed by atoms with Crippen molar-refractivity contribution in [1.29, 1.82) is 0 Å². The van der Waals surface area contributed by atoms with Crippen molar-refractivity contribution in [1.82, 2.24) is 10.2 Å². The number of aromatic nitrogens is 2. The average molecular weight is 249 g/mol. The van der Waals surface area contributed by atoms with Crippen molar-refractivity contribution in [3.8, 4) is 22.6 Å². The lowest BCUT2D eigenvalue weighted by atomic mass is 10.0. The molecule has 2 heterocycles. The number of nitrogen functional groups attached to an aromatic ring is 1. The van der Waals surface area contributed by atoms with Crippen LogP contribution in [0.5, 0.6) is 11.5 Å². The first kappa shape index (κ1) is 10.9. The Bertz CT molecular complexity index is 595. The fourth-order valence-electron chi connectivity index (χ4n) is 1.97. The number of nitrogens with zero attached hydrogens (tertiary/aromatic N) is 1. The number of aromatic amines is 1. The van der Waals surface area contributed by atoms with Gasteiger partial charge in [-0.1, -0.05) is 0 Å². The van der Waals surface area contributed by atoms with E-state index in [-0.39, 0.29) is 6.79 Å². The Morgan fingerprint density at radius 3 is 2.89 bits per heavy atom. The number of anilines is 1. The van der Waals surface area contributed by atoms with Gasteiger partial charge in [0.25, 0.3) is 0 Å². The molecule has 3 rings (SSSR count). The summed E-state index contributed by atoms with van der Waals surface area (Å²) in [6.07, 6.45) is 0.491. The van der Waals surface area contributed by atoms with Gasteiger partial charge in [0.1, 0.15) is 12.0 Å². The fraction of sp³-hybridized carbons (Fsp3) is 0.250. The first-order chi connectivity index (χ1) is 8.66. The highest BCUT2D eigenvalue weighted by Crippen LogP contribution is 2.44. The summed E-state index contributed by atoms with van der Waals surface area (Å²) < 4.78 is 24.2. The average Bonchev–Trinajstić information content (AvgIpc) is 2.95. The predicted octanol–water partition coefficient (Wildman–Crippen LogP) is 2.42. The maximum absolute atomic E-state index is 13.5. The van der Waals surface area contributed by atoms with Gasteiger partial charge in [-0.3, -0.25) is 5.10 Å². The van der Waals surface area contributed by atoms with Crippen molar-refractivity contribution < 1.29 is 13.9 Å². The van der Waals surface area contributed by atoms with Crippen LogP contribution in [-0.4, -0.2) is 17.0 Å². The molecule has 0 fully saturated rings. The van der Waals surface area contributed by atoms with E-state index in [2.05, 4.69) is 10.2 Å².